The number of carbonyl (C=O) groups excluding carboxylic acids is 2. The lowest BCUT2D eigenvalue weighted by Crippen LogP contribution is -2.53. The van der Waals surface area contributed by atoms with Gasteiger partial charge in [0, 0.05) is 12.6 Å². The zero-order valence-electron chi connectivity index (χ0n) is 21.2. The molecule has 0 heterocycles. The largest absolute Gasteiger partial charge is 0.495 e. The molecule has 202 valence electrons. The smallest absolute Gasteiger partial charge is 0.244 e. The number of nitrogens with one attached hydrogen (secondary N) is 1. The summed E-state index contributed by atoms with van der Waals surface area (Å²) in [6.45, 7) is 1.26. The molecular formula is C26H33ClFN3O5S. The topological polar surface area (TPSA) is 96.0 Å². The lowest BCUT2D eigenvalue weighted by atomic mass is 10.1. The van der Waals surface area contributed by atoms with Crippen LogP contribution in [0.1, 0.15) is 44.6 Å². The van der Waals surface area contributed by atoms with E-state index in [1.807, 2.05) is 0 Å². The van der Waals surface area contributed by atoms with Crippen LogP contribution in [-0.2, 0) is 26.2 Å². The number of hydrogen-bond acceptors (Lipinski definition) is 5. The molecular weight excluding hydrogens is 521 g/mol. The first kappa shape index (κ1) is 28.7. The van der Waals surface area contributed by atoms with E-state index >= 15 is 0 Å². The summed E-state index contributed by atoms with van der Waals surface area (Å²) in [6, 6.07) is 9.26. The van der Waals surface area contributed by atoms with Crippen molar-refractivity contribution in [2.45, 2.75) is 57.7 Å². The molecule has 0 spiro atoms. The summed E-state index contributed by atoms with van der Waals surface area (Å²) >= 11 is 6.21. The minimum atomic E-state index is -3.90. The van der Waals surface area contributed by atoms with Crippen molar-refractivity contribution in [3.63, 3.8) is 0 Å². The van der Waals surface area contributed by atoms with Crippen molar-refractivity contribution in [3.8, 4) is 5.75 Å². The second kappa shape index (κ2) is 12.6. The molecule has 2 aromatic rings. The Morgan fingerprint density at radius 3 is 2.35 bits per heavy atom. The van der Waals surface area contributed by atoms with E-state index in [4.69, 9.17) is 16.3 Å². The summed E-state index contributed by atoms with van der Waals surface area (Å²) < 4.78 is 45.0. The second-order valence-corrected chi connectivity index (χ2v) is 11.5. The Kier molecular flexibility index (Phi) is 9.78. The fourth-order valence-electron chi connectivity index (χ4n) is 4.50. The van der Waals surface area contributed by atoms with E-state index in [1.54, 1.807) is 6.92 Å². The Labute approximate surface area is 222 Å². The van der Waals surface area contributed by atoms with Crippen LogP contribution in [0.5, 0.6) is 5.75 Å². The number of rotatable bonds is 11. The standard InChI is InChI=1S/C26H33ClFN3O5S/c1-4-23(26(33)29-20-7-5-6-8-20)30(16-18-9-11-19(28)12-10-18)25(32)17-31(37(3,34)35)21-13-14-24(36-2)22(27)15-21/h9-15,20,23H,4-8,16-17H2,1-3H3,(H,29,33)/t23-/m0/s1. The number of nitrogens with zero attached hydrogens (tertiary/aromatic N) is 2. The number of benzene rings is 2. The number of hydrogen-bond donors (Lipinski definition) is 1. The first-order valence-electron chi connectivity index (χ1n) is 12.2. The Morgan fingerprint density at radius 1 is 1.16 bits per heavy atom. The van der Waals surface area contributed by atoms with Crippen LogP contribution in [0.3, 0.4) is 0 Å². The van der Waals surface area contributed by atoms with Crippen LogP contribution in [0.25, 0.3) is 0 Å². The van der Waals surface area contributed by atoms with Gasteiger partial charge in [-0.3, -0.25) is 13.9 Å². The van der Waals surface area contributed by atoms with Crippen molar-refractivity contribution in [2.75, 3.05) is 24.2 Å². The predicted octanol–water partition coefficient (Wildman–Crippen LogP) is 4.12. The third-order valence-electron chi connectivity index (χ3n) is 6.46. The molecule has 2 aromatic carbocycles. The highest BCUT2D eigenvalue weighted by molar-refractivity contribution is 7.92. The fourth-order valence-corrected chi connectivity index (χ4v) is 5.59. The molecule has 2 amide bonds. The number of amides is 2. The molecule has 1 fully saturated rings. The van der Waals surface area contributed by atoms with Gasteiger partial charge in [-0.1, -0.05) is 43.5 Å². The highest BCUT2D eigenvalue weighted by Crippen LogP contribution is 2.30. The monoisotopic (exact) mass is 553 g/mol. The maximum Gasteiger partial charge on any atom is 0.244 e. The molecule has 0 radical (unpaired) electrons. The second-order valence-electron chi connectivity index (χ2n) is 9.15. The first-order valence-corrected chi connectivity index (χ1v) is 14.4. The number of carbonyl (C=O) groups is 2. The molecule has 0 saturated heterocycles. The summed E-state index contributed by atoms with van der Waals surface area (Å²) in [5.41, 5.74) is 0.798. The first-order chi connectivity index (χ1) is 17.5. The average molecular weight is 554 g/mol. The number of anilines is 1. The predicted molar refractivity (Wildman–Crippen MR) is 142 cm³/mol. The molecule has 1 N–H and O–H groups in total. The van der Waals surface area contributed by atoms with E-state index < -0.39 is 34.3 Å². The molecule has 0 aromatic heterocycles. The van der Waals surface area contributed by atoms with Crippen LogP contribution >= 0.6 is 11.6 Å². The summed E-state index contributed by atoms with van der Waals surface area (Å²) in [6.07, 6.45) is 5.15. The van der Waals surface area contributed by atoms with Crippen LogP contribution in [0.15, 0.2) is 42.5 Å². The summed E-state index contributed by atoms with van der Waals surface area (Å²) in [7, 11) is -2.46. The lowest BCUT2D eigenvalue weighted by Gasteiger charge is -2.33. The van der Waals surface area contributed by atoms with Gasteiger partial charge in [0.2, 0.25) is 21.8 Å². The Morgan fingerprint density at radius 2 is 1.81 bits per heavy atom. The molecule has 1 aliphatic carbocycles. The number of halogens is 2. The van der Waals surface area contributed by atoms with Gasteiger partial charge >= 0.3 is 0 Å². The molecule has 3 rings (SSSR count). The van der Waals surface area contributed by atoms with E-state index in [0.717, 1.165) is 36.2 Å². The Hall–Kier alpha value is -2.85. The molecule has 11 heteroatoms. The third kappa shape index (κ3) is 7.58. The SMILES string of the molecule is CC[C@@H](C(=O)NC1CCCC1)N(Cc1ccc(F)cc1)C(=O)CN(c1ccc(OC)c(Cl)c1)S(C)(=O)=O. The summed E-state index contributed by atoms with van der Waals surface area (Å²) in [5, 5.41) is 3.23. The highest BCUT2D eigenvalue weighted by Gasteiger charge is 2.33. The van der Waals surface area contributed by atoms with E-state index in [-0.39, 0.29) is 29.2 Å². The lowest BCUT2D eigenvalue weighted by molar-refractivity contribution is -0.140. The third-order valence-corrected chi connectivity index (χ3v) is 7.89. The quantitative estimate of drug-likeness (QED) is 0.451. The minimum absolute atomic E-state index is 0.0106. The number of ether oxygens (including phenoxy) is 1. The van der Waals surface area contributed by atoms with E-state index in [2.05, 4.69) is 5.32 Å². The minimum Gasteiger partial charge on any atom is -0.495 e. The van der Waals surface area contributed by atoms with Gasteiger partial charge in [-0.25, -0.2) is 12.8 Å². The van der Waals surface area contributed by atoms with Gasteiger partial charge in [-0.05, 0) is 55.2 Å². The van der Waals surface area contributed by atoms with Crippen molar-refractivity contribution < 1.29 is 27.1 Å². The molecule has 0 unspecified atom stereocenters. The Balaban J connectivity index is 1.93. The van der Waals surface area contributed by atoms with Gasteiger partial charge in [0.05, 0.1) is 24.1 Å². The van der Waals surface area contributed by atoms with Crippen molar-refractivity contribution in [1.82, 2.24) is 10.2 Å². The zero-order chi connectivity index (χ0) is 27.2. The van der Waals surface area contributed by atoms with Gasteiger partial charge in [-0.2, -0.15) is 0 Å². The maximum absolute atomic E-state index is 13.7. The van der Waals surface area contributed by atoms with E-state index in [0.29, 0.717) is 17.7 Å². The highest BCUT2D eigenvalue weighted by atomic mass is 35.5. The summed E-state index contributed by atoms with van der Waals surface area (Å²) in [4.78, 5) is 28.3. The molecule has 8 nitrogen and oxygen atoms in total. The fraction of sp³-hybridized carbons (Fsp3) is 0.462. The van der Waals surface area contributed by atoms with Gasteiger partial charge < -0.3 is 15.0 Å². The van der Waals surface area contributed by atoms with Gasteiger partial charge in [-0.15, -0.1) is 0 Å². The Bertz CT molecular complexity index is 1200. The van der Waals surface area contributed by atoms with Gasteiger partial charge in [0.1, 0.15) is 24.2 Å². The van der Waals surface area contributed by atoms with E-state index in [9.17, 15) is 22.4 Å². The average Bonchev–Trinajstić information content (AvgIpc) is 3.35. The molecule has 1 saturated carbocycles. The normalized spacial score (nSPS) is 14.7. The number of sulfonamides is 1. The molecule has 0 aliphatic heterocycles. The molecule has 0 bridgehead atoms. The summed E-state index contributed by atoms with van der Waals surface area (Å²) in [5.74, 6) is -0.927. The maximum atomic E-state index is 13.7. The van der Waals surface area contributed by atoms with Crippen LogP contribution in [0, 0.1) is 5.82 Å². The molecule has 1 atom stereocenters. The number of methoxy groups -OCH3 is 1. The van der Waals surface area contributed by atoms with Crippen molar-refractivity contribution in [1.29, 1.82) is 0 Å². The van der Waals surface area contributed by atoms with Crippen molar-refractivity contribution in [2.24, 2.45) is 0 Å². The van der Waals surface area contributed by atoms with Crippen molar-refractivity contribution in [3.05, 3.63) is 58.9 Å². The van der Waals surface area contributed by atoms with Crippen LogP contribution in [0.2, 0.25) is 5.02 Å². The van der Waals surface area contributed by atoms with Crippen molar-refractivity contribution >= 4 is 39.1 Å². The van der Waals surface area contributed by atoms with Crippen LogP contribution in [0.4, 0.5) is 10.1 Å². The molecule has 1 aliphatic rings. The van der Waals surface area contributed by atoms with Gasteiger partial charge in [0.15, 0.2) is 0 Å². The van der Waals surface area contributed by atoms with Crippen LogP contribution < -0.4 is 14.4 Å². The zero-order valence-corrected chi connectivity index (χ0v) is 22.8. The van der Waals surface area contributed by atoms with E-state index in [1.165, 1.54) is 54.5 Å². The molecule has 37 heavy (non-hydrogen) atoms. The van der Waals surface area contributed by atoms with Crippen LogP contribution in [-0.4, -0.2) is 57.1 Å². The van der Waals surface area contributed by atoms with Gasteiger partial charge in [0.25, 0.3) is 0 Å².